The van der Waals surface area contributed by atoms with Crippen LogP contribution in [0.3, 0.4) is 0 Å². The summed E-state index contributed by atoms with van der Waals surface area (Å²) in [4.78, 5) is 27.9. The van der Waals surface area contributed by atoms with Gasteiger partial charge in [-0.05, 0) is 67.5 Å². The standard InChI is InChI=1S/C29H27F3N6O2/c1-36(2)16-19-7-8-22(14-23(19)29(30,31)32)35-26(39)17-38-12-11-18-5-4-6-24(27(18)28(38)40)34-21-9-10-25-20(13-21)15-33-37(25)3/h4-15,34H,16-17H2,1-3H3,(H,35,39). The van der Waals surface area contributed by atoms with Crippen LogP contribution in [-0.2, 0) is 31.1 Å². The van der Waals surface area contributed by atoms with Crippen molar-refractivity contribution in [3.63, 3.8) is 0 Å². The Hall–Kier alpha value is -4.64. The molecule has 0 saturated carbocycles. The molecule has 2 heterocycles. The number of halogens is 3. The first-order chi connectivity index (χ1) is 19.0. The highest BCUT2D eigenvalue weighted by Crippen LogP contribution is 2.34. The van der Waals surface area contributed by atoms with Gasteiger partial charge in [-0.25, -0.2) is 0 Å². The lowest BCUT2D eigenvalue weighted by Crippen LogP contribution is -2.27. The van der Waals surface area contributed by atoms with Crippen molar-refractivity contribution in [1.82, 2.24) is 19.2 Å². The number of aryl methyl sites for hydroxylation is 1. The molecule has 1 amide bonds. The summed E-state index contributed by atoms with van der Waals surface area (Å²) >= 11 is 0. The van der Waals surface area contributed by atoms with Gasteiger partial charge in [0.25, 0.3) is 5.56 Å². The quantitative estimate of drug-likeness (QED) is 0.287. The Morgan fingerprint density at radius 2 is 1.77 bits per heavy atom. The van der Waals surface area contributed by atoms with Crippen molar-refractivity contribution in [3.05, 3.63) is 94.5 Å². The van der Waals surface area contributed by atoms with E-state index in [1.54, 1.807) is 48.1 Å². The van der Waals surface area contributed by atoms with Crippen LogP contribution in [0.4, 0.5) is 30.2 Å². The number of carbonyl (C=O) groups is 1. The molecule has 0 aliphatic heterocycles. The maximum atomic E-state index is 13.6. The third kappa shape index (κ3) is 5.55. The Bertz CT molecular complexity index is 1790. The number of carbonyl (C=O) groups excluding carboxylic acids is 1. The summed E-state index contributed by atoms with van der Waals surface area (Å²) in [5, 5.41) is 12.0. The maximum absolute atomic E-state index is 13.6. The topological polar surface area (TPSA) is 84.2 Å². The molecule has 2 aromatic heterocycles. The van der Waals surface area contributed by atoms with Gasteiger partial charge in [0.05, 0.1) is 28.4 Å². The molecule has 0 spiro atoms. The monoisotopic (exact) mass is 548 g/mol. The van der Waals surface area contributed by atoms with Crippen molar-refractivity contribution in [1.29, 1.82) is 0 Å². The predicted octanol–water partition coefficient (Wildman–Crippen LogP) is 5.35. The summed E-state index contributed by atoms with van der Waals surface area (Å²) in [6, 6.07) is 16.5. The highest BCUT2D eigenvalue weighted by molar-refractivity contribution is 5.96. The molecule has 0 radical (unpaired) electrons. The smallest absolute Gasteiger partial charge is 0.355 e. The van der Waals surface area contributed by atoms with Crippen LogP contribution in [0, 0.1) is 0 Å². The fraction of sp³-hybridized carbons (Fsp3) is 0.207. The van der Waals surface area contributed by atoms with E-state index < -0.39 is 23.2 Å². The summed E-state index contributed by atoms with van der Waals surface area (Å²) in [5.74, 6) is -0.623. The van der Waals surface area contributed by atoms with Gasteiger partial charge >= 0.3 is 6.18 Å². The van der Waals surface area contributed by atoms with Crippen LogP contribution >= 0.6 is 0 Å². The molecule has 206 valence electrons. The lowest BCUT2D eigenvalue weighted by molar-refractivity contribution is -0.138. The molecular formula is C29H27F3N6O2. The van der Waals surface area contributed by atoms with Gasteiger partial charge in [0.1, 0.15) is 6.54 Å². The Labute approximate surface area is 227 Å². The molecule has 11 heteroatoms. The molecule has 8 nitrogen and oxygen atoms in total. The van der Waals surface area contributed by atoms with Crippen molar-refractivity contribution in [2.45, 2.75) is 19.3 Å². The van der Waals surface area contributed by atoms with E-state index in [1.807, 2.05) is 31.3 Å². The minimum atomic E-state index is -4.58. The number of hydrogen-bond donors (Lipinski definition) is 2. The zero-order valence-electron chi connectivity index (χ0n) is 22.1. The number of hydrogen-bond acceptors (Lipinski definition) is 5. The summed E-state index contributed by atoms with van der Waals surface area (Å²) in [7, 11) is 5.21. The number of nitrogens with one attached hydrogen (secondary N) is 2. The van der Waals surface area contributed by atoms with Gasteiger partial charge in [0.2, 0.25) is 5.91 Å². The second kappa shape index (κ2) is 10.5. The average molecular weight is 549 g/mol. The zero-order chi connectivity index (χ0) is 28.6. The fourth-order valence-electron chi connectivity index (χ4n) is 4.71. The predicted molar refractivity (Wildman–Crippen MR) is 150 cm³/mol. The van der Waals surface area contributed by atoms with Gasteiger partial charge in [-0.15, -0.1) is 0 Å². The van der Waals surface area contributed by atoms with E-state index in [0.29, 0.717) is 16.5 Å². The van der Waals surface area contributed by atoms with E-state index in [9.17, 15) is 22.8 Å². The molecule has 5 rings (SSSR count). The molecule has 2 N–H and O–H groups in total. The number of rotatable bonds is 7. The average Bonchev–Trinajstić information content (AvgIpc) is 3.25. The number of fused-ring (bicyclic) bond motifs is 2. The number of pyridine rings is 1. The first kappa shape index (κ1) is 26.9. The Morgan fingerprint density at radius 3 is 2.52 bits per heavy atom. The molecule has 0 aliphatic rings. The van der Waals surface area contributed by atoms with Gasteiger partial charge in [-0.2, -0.15) is 18.3 Å². The third-order valence-electron chi connectivity index (χ3n) is 6.53. The summed E-state index contributed by atoms with van der Waals surface area (Å²) in [5.41, 5.74) is 1.17. The van der Waals surface area contributed by atoms with Gasteiger partial charge in [-0.1, -0.05) is 18.2 Å². The van der Waals surface area contributed by atoms with E-state index in [4.69, 9.17) is 0 Å². The molecule has 40 heavy (non-hydrogen) atoms. The van der Waals surface area contributed by atoms with Crippen LogP contribution in [-0.4, -0.2) is 39.3 Å². The number of amides is 1. The molecule has 5 aromatic rings. The van der Waals surface area contributed by atoms with Crippen LogP contribution in [0.15, 0.2) is 77.9 Å². The first-order valence-electron chi connectivity index (χ1n) is 12.5. The van der Waals surface area contributed by atoms with E-state index in [-0.39, 0.29) is 24.3 Å². The van der Waals surface area contributed by atoms with Crippen molar-refractivity contribution >= 4 is 44.6 Å². The molecule has 0 atom stereocenters. The SMILES string of the molecule is CN(C)Cc1ccc(NC(=O)Cn2ccc3cccc(Nc4ccc5c(cnn5C)c4)c3c2=O)cc1C(F)(F)F. The molecule has 0 bridgehead atoms. The Morgan fingerprint density at radius 1 is 1.00 bits per heavy atom. The Kier molecular flexibility index (Phi) is 7.07. The van der Waals surface area contributed by atoms with Crippen LogP contribution in [0.5, 0.6) is 0 Å². The second-order valence-corrected chi connectivity index (χ2v) is 9.84. The first-order valence-corrected chi connectivity index (χ1v) is 12.5. The van der Waals surface area contributed by atoms with Crippen molar-refractivity contribution in [3.8, 4) is 0 Å². The van der Waals surface area contributed by atoms with Crippen LogP contribution in [0.2, 0.25) is 0 Å². The lowest BCUT2D eigenvalue weighted by atomic mass is 10.1. The minimum absolute atomic E-state index is 0.00168. The van der Waals surface area contributed by atoms with Gasteiger partial charge < -0.3 is 20.1 Å². The van der Waals surface area contributed by atoms with E-state index >= 15 is 0 Å². The molecule has 0 aliphatic carbocycles. The molecule has 0 unspecified atom stereocenters. The fourth-order valence-corrected chi connectivity index (χ4v) is 4.71. The minimum Gasteiger partial charge on any atom is -0.355 e. The number of nitrogens with zero attached hydrogens (tertiary/aromatic N) is 4. The van der Waals surface area contributed by atoms with E-state index in [0.717, 1.165) is 22.7 Å². The maximum Gasteiger partial charge on any atom is 0.416 e. The van der Waals surface area contributed by atoms with E-state index in [1.165, 1.54) is 22.9 Å². The summed E-state index contributed by atoms with van der Waals surface area (Å²) in [6.07, 6.45) is -1.33. The van der Waals surface area contributed by atoms with Gasteiger partial charge in [0.15, 0.2) is 0 Å². The Balaban J connectivity index is 1.40. The van der Waals surface area contributed by atoms with Gasteiger partial charge in [0, 0.05) is 36.6 Å². The van der Waals surface area contributed by atoms with Crippen molar-refractivity contribution < 1.29 is 18.0 Å². The van der Waals surface area contributed by atoms with Crippen LogP contribution < -0.4 is 16.2 Å². The third-order valence-corrected chi connectivity index (χ3v) is 6.53. The molecule has 0 saturated heterocycles. The highest BCUT2D eigenvalue weighted by atomic mass is 19.4. The van der Waals surface area contributed by atoms with Gasteiger partial charge in [-0.3, -0.25) is 14.3 Å². The van der Waals surface area contributed by atoms with Crippen LogP contribution in [0.1, 0.15) is 11.1 Å². The number of alkyl halides is 3. The summed E-state index contributed by atoms with van der Waals surface area (Å²) in [6.45, 7) is -0.270. The summed E-state index contributed by atoms with van der Waals surface area (Å²) < 4.78 is 43.9. The largest absolute Gasteiger partial charge is 0.416 e. The van der Waals surface area contributed by atoms with Crippen molar-refractivity contribution in [2.24, 2.45) is 7.05 Å². The normalized spacial score (nSPS) is 11.9. The number of aromatic nitrogens is 3. The molecular weight excluding hydrogens is 521 g/mol. The zero-order valence-corrected chi connectivity index (χ0v) is 22.1. The highest BCUT2D eigenvalue weighted by Gasteiger charge is 2.33. The number of anilines is 3. The van der Waals surface area contributed by atoms with E-state index in [2.05, 4.69) is 15.7 Å². The van der Waals surface area contributed by atoms with Crippen LogP contribution in [0.25, 0.3) is 21.7 Å². The number of benzene rings is 3. The lowest BCUT2D eigenvalue weighted by Gasteiger charge is -2.18. The second-order valence-electron chi connectivity index (χ2n) is 9.84. The molecule has 3 aromatic carbocycles. The van der Waals surface area contributed by atoms with Crippen molar-refractivity contribution in [2.75, 3.05) is 24.7 Å². The molecule has 0 fully saturated rings.